The van der Waals surface area contributed by atoms with E-state index in [0.29, 0.717) is 18.1 Å². The van der Waals surface area contributed by atoms with E-state index in [0.717, 1.165) is 5.56 Å². The van der Waals surface area contributed by atoms with E-state index in [2.05, 4.69) is 15.4 Å². The predicted octanol–water partition coefficient (Wildman–Crippen LogP) is 1.49. The second kappa shape index (κ2) is 6.05. The standard InChI is InChI=1S/C13H17N5O2/c1-17(8-10-7-15-18(2)9-10)13(19)16-11-5-4-6-14-12(11)20-3/h4-7,9H,8H2,1-3H3,(H,16,19). The number of carbonyl (C=O) groups is 1. The first-order valence-corrected chi connectivity index (χ1v) is 6.09. The third kappa shape index (κ3) is 3.25. The zero-order valence-electron chi connectivity index (χ0n) is 11.7. The van der Waals surface area contributed by atoms with Crippen molar-refractivity contribution in [3.63, 3.8) is 0 Å². The summed E-state index contributed by atoms with van der Waals surface area (Å²) in [5, 5.41) is 6.83. The highest BCUT2D eigenvalue weighted by molar-refractivity contribution is 5.90. The van der Waals surface area contributed by atoms with Gasteiger partial charge < -0.3 is 15.0 Å². The van der Waals surface area contributed by atoms with Crippen LogP contribution in [0.5, 0.6) is 5.88 Å². The summed E-state index contributed by atoms with van der Waals surface area (Å²) in [6.07, 6.45) is 5.21. The number of anilines is 1. The molecule has 1 N–H and O–H groups in total. The minimum Gasteiger partial charge on any atom is -0.480 e. The monoisotopic (exact) mass is 275 g/mol. The molecule has 7 heteroatoms. The summed E-state index contributed by atoms with van der Waals surface area (Å²) < 4.78 is 6.79. The Morgan fingerprint density at radius 3 is 3.00 bits per heavy atom. The number of nitrogens with zero attached hydrogens (tertiary/aromatic N) is 4. The maximum atomic E-state index is 12.1. The fraction of sp³-hybridized carbons (Fsp3) is 0.308. The maximum absolute atomic E-state index is 12.1. The minimum absolute atomic E-state index is 0.236. The number of ether oxygens (including phenoxy) is 1. The molecule has 0 aromatic carbocycles. The van der Waals surface area contributed by atoms with Crippen LogP contribution in [0.15, 0.2) is 30.7 Å². The number of nitrogens with one attached hydrogen (secondary N) is 1. The molecule has 0 bridgehead atoms. The lowest BCUT2D eigenvalue weighted by Gasteiger charge is -2.17. The lowest BCUT2D eigenvalue weighted by molar-refractivity contribution is 0.220. The second-order valence-corrected chi connectivity index (χ2v) is 4.37. The van der Waals surface area contributed by atoms with Gasteiger partial charge in [0, 0.05) is 32.1 Å². The topological polar surface area (TPSA) is 72.3 Å². The minimum atomic E-state index is -0.236. The first-order chi connectivity index (χ1) is 9.60. The first-order valence-electron chi connectivity index (χ1n) is 6.09. The number of rotatable bonds is 4. The summed E-state index contributed by atoms with van der Waals surface area (Å²) in [5.41, 5.74) is 1.50. The molecule has 0 atom stereocenters. The van der Waals surface area contributed by atoms with Crippen molar-refractivity contribution < 1.29 is 9.53 Å². The summed E-state index contributed by atoms with van der Waals surface area (Å²) in [6.45, 7) is 0.474. The number of urea groups is 1. The molecule has 2 rings (SSSR count). The van der Waals surface area contributed by atoms with Gasteiger partial charge in [-0.3, -0.25) is 4.68 Å². The van der Waals surface area contributed by atoms with Crippen molar-refractivity contribution in [1.82, 2.24) is 19.7 Å². The normalized spacial score (nSPS) is 10.2. The summed E-state index contributed by atoms with van der Waals surface area (Å²) >= 11 is 0. The van der Waals surface area contributed by atoms with Crippen LogP contribution in [-0.4, -0.2) is 39.9 Å². The molecule has 0 radical (unpaired) electrons. The molecule has 0 fully saturated rings. The molecule has 0 aliphatic rings. The second-order valence-electron chi connectivity index (χ2n) is 4.37. The average molecular weight is 275 g/mol. The molecule has 2 heterocycles. The summed E-state index contributed by atoms with van der Waals surface area (Å²) in [7, 11) is 5.06. The molecule has 0 unspecified atom stereocenters. The van der Waals surface area contributed by atoms with Crippen LogP contribution in [0.4, 0.5) is 10.5 Å². The van der Waals surface area contributed by atoms with Crippen LogP contribution in [0.2, 0.25) is 0 Å². The van der Waals surface area contributed by atoms with Crippen LogP contribution in [0, 0.1) is 0 Å². The molecule has 0 spiro atoms. The third-order valence-corrected chi connectivity index (χ3v) is 2.73. The molecular formula is C13H17N5O2. The van der Waals surface area contributed by atoms with Gasteiger partial charge in [-0.15, -0.1) is 0 Å². The zero-order valence-corrected chi connectivity index (χ0v) is 11.7. The lowest BCUT2D eigenvalue weighted by Crippen LogP contribution is -2.30. The molecule has 7 nitrogen and oxygen atoms in total. The largest absolute Gasteiger partial charge is 0.480 e. The Labute approximate surface area is 117 Å². The van der Waals surface area contributed by atoms with Gasteiger partial charge in [0.15, 0.2) is 0 Å². The Bertz CT molecular complexity index is 596. The van der Waals surface area contributed by atoms with Crippen molar-refractivity contribution in [2.45, 2.75) is 6.54 Å². The number of methoxy groups -OCH3 is 1. The first kappa shape index (κ1) is 13.9. The van der Waals surface area contributed by atoms with Crippen LogP contribution in [0.3, 0.4) is 0 Å². The van der Waals surface area contributed by atoms with Crippen molar-refractivity contribution in [2.75, 3.05) is 19.5 Å². The number of aryl methyl sites for hydroxylation is 1. The number of amides is 2. The van der Waals surface area contributed by atoms with Gasteiger partial charge in [-0.2, -0.15) is 5.10 Å². The van der Waals surface area contributed by atoms with E-state index in [4.69, 9.17) is 4.74 Å². The molecule has 0 aliphatic carbocycles. The molecule has 0 aliphatic heterocycles. The number of hydrogen-bond donors (Lipinski definition) is 1. The van der Waals surface area contributed by atoms with Gasteiger partial charge in [0.25, 0.3) is 0 Å². The van der Waals surface area contributed by atoms with Gasteiger partial charge in [-0.1, -0.05) is 0 Å². The fourth-order valence-corrected chi connectivity index (χ4v) is 1.76. The number of aromatic nitrogens is 3. The highest BCUT2D eigenvalue weighted by Gasteiger charge is 2.13. The number of carbonyl (C=O) groups excluding carboxylic acids is 1. The zero-order chi connectivity index (χ0) is 14.5. The van der Waals surface area contributed by atoms with Gasteiger partial charge >= 0.3 is 6.03 Å². The van der Waals surface area contributed by atoms with Gasteiger partial charge in [0.2, 0.25) is 5.88 Å². The highest BCUT2D eigenvalue weighted by Crippen LogP contribution is 2.20. The lowest BCUT2D eigenvalue weighted by atomic mass is 10.3. The van der Waals surface area contributed by atoms with Gasteiger partial charge in [-0.05, 0) is 12.1 Å². The van der Waals surface area contributed by atoms with Gasteiger partial charge in [0.1, 0.15) is 5.69 Å². The Morgan fingerprint density at radius 1 is 1.55 bits per heavy atom. The summed E-state index contributed by atoms with van der Waals surface area (Å²) in [6, 6.07) is 3.24. The summed E-state index contributed by atoms with van der Waals surface area (Å²) in [5.74, 6) is 0.385. The smallest absolute Gasteiger partial charge is 0.322 e. The van der Waals surface area contributed by atoms with E-state index in [1.165, 1.54) is 7.11 Å². The fourth-order valence-electron chi connectivity index (χ4n) is 1.76. The van der Waals surface area contributed by atoms with E-state index in [-0.39, 0.29) is 6.03 Å². The molecule has 106 valence electrons. The van der Waals surface area contributed by atoms with E-state index >= 15 is 0 Å². The average Bonchev–Trinajstić information content (AvgIpc) is 2.84. The maximum Gasteiger partial charge on any atom is 0.322 e. The van der Waals surface area contributed by atoms with Gasteiger partial charge in [0.05, 0.1) is 19.9 Å². The molecule has 2 aromatic heterocycles. The van der Waals surface area contributed by atoms with Crippen LogP contribution >= 0.6 is 0 Å². The van der Waals surface area contributed by atoms with Crippen molar-refractivity contribution in [2.24, 2.45) is 7.05 Å². The van der Waals surface area contributed by atoms with E-state index in [9.17, 15) is 4.79 Å². The van der Waals surface area contributed by atoms with E-state index < -0.39 is 0 Å². The molecular weight excluding hydrogens is 258 g/mol. The Balaban J connectivity index is 2.00. The van der Waals surface area contributed by atoms with Crippen LogP contribution < -0.4 is 10.1 Å². The predicted molar refractivity (Wildman–Crippen MR) is 74.5 cm³/mol. The van der Waals surface area contributed by atoms with Crippen molar-refractivity contribution in [1.29, 1.82) is 0 Å². The van der Waals surface area contributed by atoms with Gasteiger partial charge in [-0.25, -0.2) is 9.78 Å². The van der Waals surface area contributed by atoms with E-state index in [1.807, 2.05) is 13.2 Å². The van der Waals surface area contributed by atoms with Crippen LogP contribution in [0.25, 0.3) is 0 Å². The third-order valence-electron chi connectivity index (χ3n) is 2.73. The molecule has 0 saturated carbocycles. The molecule has 0 saturated heterocycles. The van der Waals surface area contributed by atoms with Crippen LogP contribution in [-0.2, 0) is 13.6 Å². The van der Waals surface area contributed by atoms with E-state index in [1.54, 1.807) is 41.2 Å². The van der Waals surface area contributed by atoms with Crippen molar-refractivity contribution >= 4 is 11.7 Å². The van der Waals surface area contributed by atoms with Crippen LogP contribution in [0.1, 0.15) is 5.56 Å². The Hall–Kier alpha value is -2.57. The number of hydrogen-bond acceptors (Lipinski definition) is 4. The Morgan fingerprint density at radius 2 is 2.35 bits per heavy atom. The molecule has 2 aromatic rings. The highest BCUT2D eigenvalue weighted by atomic mass is 16.5. The number of pyridine rings is 1. The quantitative estimate of drug-likeness (QED) is 0.917. The molecule has 20 heavy (non-hydrogen) atoms. The SMILES string of the molecule is COc1ncccc1NC(=O)N(C)Cc1cnn(C)c1. The van der Waals surface area contributed by atoms with Crippen molar-refractivity contribution in [3.8, 4) is 5.88 Å². The molecule has 2 amide bonds. The summed E-state index contributed by atoms with van der Waals surface area (Å²) in [4.78, 5) is 17.7. The Kier molecular flexibility index (Phi) is 4.19. The van der Waals surface area contributed by atoms with Crippen molar-refractivity contribution in [3.05, 3.63) is 36.3 Å².